The molecule has 0 aliphatic rings. The van der Waals surface area contributed by atoms with Gasteiger partial charge in [-0.2, -0.15) is 5.10 Å². The summed E-state index contributed by atoms with van der Waals surface area (Å²) < 4.78 is 0. The number of rotatable bonds is 4. The summed E-state index contributed by atoms with van der Waals surface area (Å²) in [6.45, 7) is 0. The van der Waals surface area contributed by atoms with Crippen molar-refractivity contribution in [3.8, 4) is 22.4 Å². The molecule has 0 saturated carbocycles. The number of benzene rings is 3. The SMILES string of the molecule is c1ccc(-c2cccc(Nc3ncnc4n[nH]c(-c5ccccc5)c34)c2)cc1. The van der Waals surface area contributed by atoms with Crippen molar-refractivity contribution in [1.29, 1.82) is 0 Å². The number of anilines is 2. The molecule has 0 atom stereocenters. The third kappa shape index (κ3) is 2.99. The van der Waals surface area contributed by atoms with E-state index in [1.165, 1.54) is 11.9 Å². The summed E-state index contributed by atoms with van der Waals surface area (Å²) in [6.07, 6.45) is 1.53. The van der Waals surface area contributed by atoms with Crippen molar-refractivity contribution in [1.82, 2.24) is 20.2 Å². The molecule has 0 bridgehead atoms. The lowest BCUT2D eigenvalue weighted by molar-refractivity contribution is 1.09. The van der Waals surface area contributed by atoms with Gasteiger partial charge in [0, 0.05) is 11.3 Å². The van der Waals surface area contributed by atoms with Crippen LogP contribution in [0.1, 0.15) is 0 Å². The van der Waals surface area contributed by atoms with Gasteiger partial charge in [-0.15, -0.1) is 0 Å². The lowest BCUT2D eigenvalue weighted by Gasteiger charge is -2.09. The number of hydrogen-bond donors (Lipinski definition) is 2. The molecule has 2 aromatic heterocycles. The summed E-state index contributed by atoms with van der Waals surface area (Å²) in [4.78, 5) is 8.78. The van der Waals surface area contributed by atoms with E-state index in [1.807, 2.05) is 60.7 Å². The van der Waals surface area contributed by atoms with Crippen molar-refractivity contribution in [3.63, 3.8) is 0 Å². The molecular formula is C23H17N5. The molecule has 5 rings (SSSR count). The summed E-state index contributed by atoms with van der Waals surface area (Å²) in [5.74, 6) is 0.725. The smallest absolute Gasteiger partial charge is 0.186 e. The topological polar surface area (TPSA) is 66.5 Å². The Balaban J connectivity index is 1.57. The first kappa shape index (κ1) is 16.2. The van der Waals surface area contributed by atoms with Crippen LogP contribution in [0.25, 0.3) is 33.4 Å². The molecular weight excluding hydrogens is 346 g/mol. The predicted molar refractivity (Wildman–Crippen MR) is 112 cm³/mol. The average Bonchev–Trinajstić information content (AvgIpc) is 3.21. The van der Waals surface area contributed by atoms with Crippen LogP contribution in [-0.4, -0.2) is 20.2 Å². The zero-order valence-electron chi connectivity index (χ0n) is 15.0. The first-order chi connectivity index (χ1) is 13.9. The Morgan fingerprint density at radius 1 is 0.679 bits per heavy atom. The lowest BCUT2D eigenvalue weighted by atomic mass is 10.1. The van der Waals surface area contributed by atoms with E-state index in [0.29, 0.717) is 5.65 Å². The molecule has 2 heterocycles. The maximum absolute atomic E-state index is 4.48. The Hall–Kier alpha value is -3.99. The minimum absolute atomic E-state index is 0.635. The molecule has 0 aliphatic carbocycles. The highest BCUT2D eigenvalue weighted by Gasteiger charge is 2.14. The van der Waals surface area contributed by atoms with E-state index < -0.39 is 0 Å². The molecule has 0 radical (unpaired) electrons. The molecule has 0 aliphatic heterocycles. The maximum atomic E-state index is 4.48. The quantitative estimate of drug-likeness (QED) is 0.447. The first-order valence-electron chi connectivity index (χ1n) is 9.05. The van der Waals surface area contributed by atoms with E-state index in [1.54, 1.807) is 0 Å². The number of aromatic amines is 1. The van der Waals surface area contributed by atoms with Crippen LogP contribution in [0, 0.1) is 0 Å². The van der Waals surface area contributed by atoms with E-state index in [0.717, 1.165) is 33.7 Å². The van der Waals surface area contributed by atoms with Gasteiger partial charge in [0.15, 0.2) is 5.65 Å². The Morgan fingerprint density at radius 3 is 2.18 bits per heavy atom. The molecule has 0 spiro atoms. The van der Waals surface area contributed by atoms with Crippen molar-refractivity contribution in [2.24, 2.45) is 0 Å². The van der Waals surface area contributed by atoms with Crippen LogP contribution in [-0.2, 0) is 0 Å². The molecule has 3 aromatic carbocycles. The summed E-state index contributed by atoms with van der Waals surface area (Å²) in [5.41, 5.74) is 5.86. The highest BCUT2D eigenvalue weighted by Crippen LogP contribution is 2.32. The van der Waals surface area contributed by atoms with Crippen molar-refractivity contribution >= 4 is 22.5 Å². The number of fused-ring (bicyclic) bond motifs is 1. The van der Waals surface area contributed by atoms with Crippen LogP contribution in [0.4, 0.5) is 11.5 Å². The fraction of sp³-hybridized carbons (Fsp3) is 0. The molecule has 0 unspecified atom stereocenters. The standard InChI is InChI=1S/C23H17N5/c1-3-8-16(9-4-1)18-12-7-13-19(14-18)26-22-20-21(17-10-5-2-6-11-17)27-28-23(20)25-15-24-22/h1-15H,(H2,24,25,26,27,28). The summed E-state index contributed by atoms with van der Waals surface area (Å²) in [5, 5.41) is 11.8. The number of hydrogen-bond acceptors (Lipinski definition) is 4. The second-order valence-electron chi connectivity index (χ2n) is 6.46. The van der Waals surface area contributed by atoms with Gasteiger partial charge in [-0.25, -0.2) is 9.97 Å². The van der Waals surface area contributed by atoms with E-state index in [2.05, 4.69) is 49.7 Å². The second kappa shape index (κ2) is 6.96. The fourth-order valence-electron chi connectivity index (χ4n) is 3.31. The Bertz CT molecular complexity index is 1230. The maximum Gasteiger partial charge on any atom is 0.186 e. The Labute approximate surface area is 162 Å². The van der Waals surface area contributed by atoms with Crippen molar-refractivity contribution in [2.75, 3.05) is 5.32 Å². The normalized spacial score (nSPS) is 10.9. The third-order valence-corrected chi connectivity index (χ3v) is 4.65. The highest BCUT2D eigenvalue weighted by molar-refractivity contribution is 5.99. The van der Waals surface area contributed by atoms with Crippen LogP contribution < -0.4 is 5.32 Å². The molecule has 0 saturated heterocycles. The van der Waals surface area contributed by atoms with Gasteiger partial charge >= 0.3 is 0 Å². The van der Waals surface area contributed by atoms with Gasteiger partial charge in [-0.3, -0.25) is 5.10 Å². The van der Waals surface area contributed by atoms with Crippen LogP contribution in [0.15, 0.2) is 91.3 Å². The summed E-state index contributed by atoms with van der Waals surface area (Å²) in [7, 11) is 0. The largest absolute Gasteiger partial charge is 0.339 e. The van der Waals surface area contributed by atoms with Gasteiger partial charge in [-0.1, -0.05) is 72.8 Å². The molecule has 2 N–H and O–H groups in total. The van der Waals surface area contributed by atoms with Crippen molar-refractivity contribution in [2.45, 2.75) is 0 Å². The fourth-order valence-corrected chi connectivity index (χ4v) is 3.31. The van der Waals surface area contributed by atoms with Gasteiger partial charge in [0.2, 0.25) is 0 Å². The zero-order chi connectivity index (χ0) is 18.8. The summed E-state index contributed by atoms with van der Waals surface area (Å²) in [6, 6.07) is 28.7. The van der Waals surface area contributed by atoms with E-state index in [-0.39, 0.29) is 0 Å². The van der Waals surface area contributed by atoms with Gasteiger partial charge in [0.1, 0.15) is 12.1 Å². The van der Waals surface area contributed by atoms with Gasteiger partial charge in [0.05, 0.1) is 11.1 Å². The van der Waals surface area contributed by atoms with E-state index in [9.17, 15) is 0 Å². The highest BCUT2D eigenvalue weighted by atomic mass is 15.2. The predicted octanol–water partition coefficient (Wildman–Crippen LogP) is 5.43. The third-order valence-electron chi connectivity index (χ3n) is 4.65. The van der Waals surface area contributed by atoms with E-state index in [4.69, 9.17) is 0 Å². The molecule has 5 heteroatoms. The summed E-state index contributed by atoms with van der Waals surface area (Å²) >= 11 is 0. The zero-order valence-corrected chi connectivity index (χ0v) is 15.0. The molecule has 0 fully saturated rings. The number of H-pyrrole nitrogens is 1. The number of aromatic nitrogens is 4. The van der Waals surface area contributed by atoms with Crippen LogP contribution in [0.5, 0.6) is 0 Å². The number of nitrogens with zero attached hydrogens (tertiary/aromatic N) is 3. The second-order valence-corrected chi connectivity index (χ2v) is 6.46. The van der Waals surface area contributed by atoms with Crippen LogP contribution in [0.3, 0.4) is 0 Å². The van der Waals surface area contributed by atoms with Crippen LogP contribution in [0.2, 0.25) is 0 Å². The Morgan fingerprint density at radius 2 is 1.39 bits per heavy atom. The molecule has 0 amide bonds. The molecule has 134 valence electrons. The van der Waals surface area contributed by atoms with Gasteiger partial charge in [0.25, 0.3) is 0 Å². The molecule has 5 aromatic rings. The van der Waals surface area contributed by atoms with Crippen LogP contribution >= 0.6 is 0 Å². The molecule has 5 nitrogen and oxygen atoms in total. The van der Waals surface area contributed by atoms with Crippen molar-refractivity contribution in [3.05, 3.63) is 91.3 Å². The Kier molecular flexibility index (Phi) is 4.03. The first-order valence-corrected chi connectivity index (χ1v) is 9.05. The number of nitrogens with one attached hydrogen (secondary N) is 2. The van der Waals surface area contributed by atoms with Crippen molar-refractivity contribution < 1.29 is 0 Å². The van der Waals surface area contributed by atoms with Gasteiger partial charge in [-0.05, 0) is 23.3 Å². The van der Waals surface area contributed by atoms with E-state index >= 15 is 0 Å². The average molecular weight is 363 g/mol. The minimum atomic E-state index is 0.635. The lowest BCUT2D eigenvalue weighted by Crippen LogP contribution is -1.96. The minimum Gasteiger partial charge on any atom is -0.339 e. The monoisotopic (exact) mass is 363 g/mol. The van der Waals surface area contributed by atoms with Gasteiger partial charge < -0.3 is 5.32 Å². The molecule has 28 heavy (non-hydrogen) atoms.